The lowest BCUT2D eigenvalue weighted by atomic mass is 9.44. The zero-order valence-electron chi connectivity index (χ0n) is 28.4. The fourth-order valence-corrected chi connectivity index (χ4v) is 12.1. The highest BCUT2D eigenvalue weighted by atomic mass is 16.5. The van der Waals surface area contributed by atoms with E-state index in [0.29, 0.717) is 47.7 Å². The molecule has 8 nitrogen and oxygen atoms in total. The Morgan fingerprint density at radius 3 is 2.50 bits per heavy atom. The summed E-state index contributed by atoms with van der Waals surface area (Å²) < 4.78 is 7.07. The molecule has 0 radical (unpaired) electrons. The van der Waals surface area contributed by atoms with Gasteiger partial charge in [-0.2, -0.15) is 0 Å². The molecule has 2 aliphatic heterocycles. The van der Waals surface area contributed by atoms with Crippen LogP contribution in [0.15, 0.2) is 18.2 Å². The van der Waals surface area contributed by atoms with Crippen molar-refractivity contribution in [3.05, 3.63) is 23.8 Å². The van der Waals surface area contributed by atoms with Crippen LogP contribution >= 0.6 is 0 Å². The number of carbonyl (C=O) groups is 2. The molecule has 12 atom stereocenters. The highest BCUT2D eigenvalue weighted by Gasteiger charge is 2.68. The normalized spacial score (nSPS) is 44.5. The number of hydrogen-bond donors (Lipinski definition) is 5. The first-order valence-electron chi connectivity index (χ1n) is 18.4. The Labute approximate surface area is 275 Å². The third-order valence-electron chi connectivity index (χ3n) is 14.6. The third-order valence-corrected chi connectivity index (χ3v) is 14.6. The molecule has 7 rings (SSSR count). The first kappa shape index (κ1) is 32.2. The number of carbonyl (C=O) groups excluding carboxylic acids is 2. The monoisotopic (exact) mass is 635 g/mol. The number of benzene rings is 1. The molecule has 1 aromatic carbocycles. The van der Waals surface area contributed by atoms with E-state index in [2.05, 4.69) is 43.6 Å². The van der Waals surface area contributed by atoms with E-state index in [4.69, 9.17) is 4.74 Å². The standard InChI is InChI=1S/C38H57N3O5/c1-22-9-15-38(40-21-22)23(2)35-32(46-38)19-29-27-7-6-25-18-26(10-13-36(25,3)28(27)11-14-37(29,35)4)41-34(45)20-33(44)39-16-12-24-5-8-30(42)31(43)17-24/h5,8,17,22-23,25-29,32,35,40,42-43H,6-7,9-16,18-21H2,1-4H3,(H,39,44)(H,41,45)/t22-,23+,25-,26-,27-,28+,29+,32+,35+,36+,37+,38-/m1/s1. The summed E-state index contributed by atoms with van der Waals surface area (Å²) in [6.07, 6.45) is 12.8. The van der Waals surface area contributed by atoms with Crippen molar-refractivity contribution >= 4 is 11.8 Å². The smallest absolute Gasteiger partial charge is 0.229 e. The van der Waals surface area contributed by atoms with Crippen molar-refractivity contribution in [3.63, 3.8) is 0 Å². The minimum Gasteiger partial charge on any atom is -0.504 e. The molecule has 5 N–H and O–H groups in total. The van der Waals surface area contributed by atoms with Gasteiger partial charge in [0, 0.05) is 25.0 Å². The van der Waals surface area contributed by atoms with E-state index in [1.54, 1.807) is 6.07 Å². The Morgan fingerprint density at radius 1 is 0.935 bits per heavy atom. The lowest BCUT2D eigenvalue weighted by Crippen LogP contribution is -2.58. The molecule has 8 heteroatoms. The molecule has 4 saturated carbocycles. The second kappa shape index (κ2) is 12.0. The third kappa shape index (κ3) is 5.43. The molecule has 1 spiro atoms. The van der Waals surface area contributed by atoms with E-state index in [1.807, 2.05) is 0 Å². The van der Waals surface area contributed by atoms with E-state index in [0.717, 1.165) is 61.5 Å². The Balaban J connectivity index is 0.914. The topological polar surface area (TPSA) is 120 Å². The van der Waals surface area contributed by atoms with Crippen molar-refractivity contribution < 1.29 is 24.5 Å². The summed E-state index contributed by atoms with van der Waals surface area (Å²) in [4.78, 5) is 25.3. The van der Waals surface area contributed by atoms with E-state index in [9.17, 15) is 19.8 Å². The molecular weight excluding hydrogens is 578 g/mol. The van der Waals surface area contributed by atoms with Gasteiger partial charge in [-0.3, -0.25) is 14.9 Å². The summed E-state index contributed by atoms with van der Waals surface area (Å²) in [5.41, 5.74) is 1.41. The van der Waals surface area contributed by atoms with Gasteiger partial charge >= 0.3 is 0 Å². The van der Waals surface area contributed by atoms with Crippen molar-refractivity contribution in [2.45, 2.75) is 123 Å². The highest BCUT2D eigenvalue weighted by Crippen LogP contribution is 2.71. The van der Waals surface area contributed by atoms with Gasteiger partial charge in [-0.1, -0.05) is 33.8 Å². The average Bonchev–Trinajstić information content (AvgIpc) is 3.46. The minimum absolute atomic E-state index is 0.0987. The molecule has 1 aromatic rings. The summed E-state index contributed by atoms with van der Waals surface area (Å²) in [5, 5.41) is 29.1. The van der Waals surface area contributed by atoms with Gasteiger partial charge in [-0.15, -0.1) is 0 Å². The van der Waals surface area contributed by atoms with Gasteiger partial charge in [-0.25, -0.2) is 0 Å². The van der Waals surface area contributed by atoms with E-state index >= 15 is 0 Å². The Kier molecular flexibility index (Phi) is 8.39. The number of hydrogen-bond acceptors (Lipinski definition) is 6. The van der Waals surface area contributed by atoms with Crippen LogP contribution in [0, 0.1) is 52.3 Å². The van der Waals surface area contributed by atoms with Crippen LogP contribution < -0.4 is 16.0 Å². The van der Waals surface area contributed by atoms with Crippen LogP contribution in [0.1, 0.15) is 104 Å². The first-order valence-corrected chi connectivity index (χ1v) is 18.4. The maximum absolute atomic E-state index is 12.9. The second-order valence-electron chi connectivity index (χ2n) is 17.0. The predicted molar refractivity (Wildman–Crippen MR) is 177 cm³/mol. The molecule has 0 aromatic heterocycles. The van der Waals surface area contributed by atoms with Gasteiger partial charge in [0.25, 0.3) is 0 Å². The number of aromatic hydroxyl groups is 2. The number of phenols is 2. The fraction of sp³-hybridized carbons (Fsp3) is 0.789. The Hall–Kier alpha value is -2.32. The van der Waals surface area contributed by atoms with Crippen LogP contribution in [0.2, 0.25) is 0 Å². The SMILES string of the molecule is C[C@@H]1CC[C@@]2(NC1)O[C@H]1C[C@H]3[C@@H]4CC[C@@H]5C[C@H](NC(=O)CC(=O)NCCc6ccc(O)c(O)c6)CC[C@]5(C)[C@H]4CC[C@]3(C)[C@H]1[C@@H]2C. The van der Waals surface area contributed by atoms with Gasteiger partial charge < -0.3 is 25.6 Å². The van der Waals surface area contributed by atoms with Gasteiger partial charge in [0.1, 0.15) is 12.1 Å². The van der Waals surface area contributed by atoms with Crippen molar-refractivity contribution in [3.8, 4) is 11.5 Å². The predicted octanol–water partition coefficient (Wildman–Crippen LogP) is 5.65. The highest BCUT2D eigenvalue weighted by molar-refractivity contribution is 5.96. The van der Waals surface area contributed by atoms with Crippen molar-refractivity contribution in [1.82, 2.24) is 16.0 Å². The summed E-state index contributed by atoms with van der Waals surface area (Å²) in [5.74, 6) is 4.09. The lowest BCUT2D eigenvalue weighted by molar-refractivity contribution is -0.137. The Morgan fingerprint density at radius 2 is 1.74 bits per heavy atom. The van der Waals surface area contributed by atoms with Crippen LogP contribution in [-0.2, 0) is 20.7 Å². The molecular formula is C38H57N3O5. The van der Waals surface area contributed by atoms with Crippen LogP contribution in [0.3, 0.4) is 0 Å². The molecule has 2 heterocycles. The molecule has 2 saturated heterocycles. The summed E-state index contributed by atoms with van der Waals surface area (Å²) >= 11 is 0. The molecule has 0 unspecified atom stereocenters. The number of ether oxygens (including phenoxy) is 1. The second-order valence-corrected chi connectivity index (χ2v) is 17.0. The maximum atomic E-state index is 12.9. The van der Waals surface area contributed by atoms with Gasteiger partial charge in [-0.05, 0) is 135 Å². The molecule has 4 aliphatic carbocycles. The van der Waals surface area contributed by atoms with E-state index < -0.39 is 0 Å². The summed E-state index contributed by atoms with van der Waals surface area (Å²) in [7, 11) is 0. The zero-order valence-corrected chi connectivity index (χ0v) is 28.4. The number of rotatable bonds is 6. The zero-order chi connectivity index (χ0) is 32.4. The maximum Gasteiger partial charge on any atom is 0.229 e. The van der Waals surface area contributed by atoms with Crippen LogP contribution in [0.25, 0.3) is 0 Å². The molecule has 6 aliphatic rings. The Bertz CT molecular complexity index is 1330. The number of fused-ring (bicyclic) bond motifs is 7. The minimum atomic E-state index is -0.286. The summed E-state index contributed by atoms with van der Waals surface area (Å²) in [6.45, 7) is 11.5. The summed E-state index contributed by atoms with van der Waals surface area (Å²) in [6, 6.07) is 4.78. The number of piperidine rings is 1. The van der Waals surface area contributed by atoms with Crippen LogP contribution in [0.5, 0.6) is 11.5 Å². The van der Waals surface area contributed by atoms with E-state index in [-0.39, 0.29) is 41.5 Å². The largest absolute Gasteiger partial charge is 0.504 e. The van der Waals surface area contributed by atoms with E-state index in [1.165, 1.54) is 50.7 Å². The lowest BCUT2D eigenvalue weighted by Gasteiger charge is -2.61. The van der Waals surface area contributed by atoms with Crippen molar-refractivity contribution in [2.24, 2.45) is 52.3 Å². The number of amides is 2. The quantitative estimate of drug-likeness (QED) is 0.204. The first-order chi connectivity index (χ1) is 21.9. The molecule has 0 bridgehead atoms. The van der Waals surface area contributed by atoms with Gasteiger partial charge in [0.15, 0.2) is 11.5 Å². The van der Waals surface area contributed by atoms with Crippen molar-refractivity contribution in [1.29, 1.82) is 0 Å². The molecule has 6 fully saturated rings. The van der Waals surface area contributed by atoms with Crippen LogP contribution in [-0.4, -0.2) is 53.0 Å². The van der Waals surface area contributed by atoms with Gasteiger partial charge in [0.2, 0.25) is 11.8 Å². The van der Waals surface area contributed by atoms with Gasteiger partial charge in [0.05, 0.1) is 6.10 Å². The van der Waals surface area contributed by atoms with Crippen molar-refractivity contribution in [2.75, 3.05) is 13.1 Å². The van der Waals surface area contributed by atoms with Crippen LogP contribution in [0.4, 0.5) is 0 Å². The molecule has 2 amide bonds. The average molecular weight is 636 g/mol. The molecule has 254 valence electrons. The number of nitrogens with one attached hydrogen (secondary N) is 3. The number of phenolic OH excluding ortho intramolecular Hbond substituents is 2. The molecule has 46 heavy (non-hydrogen) atoms. The fourth-order valence-electron chi connectivity index (χ4n) is 12.1.